The third kappa shape index (κ3) is 1.49. The van der Waals surface area contributed by atoms with Gasteiger partial charge in [-0.15, -0.1) is 0 Å². The molecule has 0 aromatic rings. The molecule has 0 saturated carbocycles. The number of hydrogen-bond donors (Lipinski definition) is 0. The minimum Gasteiger partial charge on any atom is -0.374 e. The Morgan fingerprint density at radius 3 is 3.14 bits per heavy atom. The van der Waals surface area contributed by atoms with Crippen LogP contribution in [0.1, 0.15) is 12.8 Å². The molecule has 14 heavy (non-hydrogen) atoms. The molecule has 2 heterocycles. The van der Waals surface area contributed by atoms with Crippen molar-refractivity contribution in [3.05, 3.63) is 11.8 Å². The predicted molar refractivity (Wildman–Crippen MR) is 50.2 cm³/mol. The molecule has 3 atom stereocenters. The smallest absolute Gasteiger partial charge is 0.159 e. The first kappa shape index (κ1) is 9.50. The first-order valence-electron chi connectivity index (χ1n) is 4.75. The number of nitrogens with zero attached hydrogens (tertiary/aromatic N) is 2. The molecular formula is C10H14N2O2. The maximum absolute atomic E-state index is 8.82. The summed E-state index contributed by atoms with van der Waals surface area (Å²) < 4.78 is 10.8. The average molecular weight is 194 g/mol. The van der Waals surface area contributed by atoms with Crippen LogP contribution in [-0.2, 0) is 9.47 Å². The van der Waals surface area contributed by atoms with E-state index < -0.39 is 0 Å². The van der Waals surface area contributed by atoms with E-state index >= 15 is 0 Å². The van der Waals surface area contributed by atoms with Crippen molar-refractivity contribution in [3.8, 4) is 6.07 Å². The molecule has 0 radical (unpaired) electrons. The highest BCUT2D eigenvalue weighted by molar-refractivity contribution is 5.24. The van der Waals surface area contributed by atoms with E-state index in [1.54, 1.807) is 7.11 Å². The van der Waals surface area contributed by atoms with Crippen LogP contribution in [0.25, 0.3) is 0 Å². The van der Waals surface area contributed by atoms with Gasteiger partial charge in [0.15, 0.2) is 6.29 Å². The van der Waals surface area contributed by atoms with E-state index in [9.17, 15) is 0 Å². The lowest BCUT2D eigenvalue weighted by molar-refractivity contribution is -0.115. The fourth-order valence-corrected chi connectivity index (χ4v) is 2.14. The van der Waals surface area contributed by atoms with Gasteiger partial charge in [-0.05, 0) is 0 Å². The summed E-state index contributed by atoms with van der Waals surface area (Å²) in [4.78, 5) is 2.06. The van der Waals surface area contributed by atoms with Crippen LogP contribution in [0, 0.1) is 11.3 Å². The Morgan fingerprint density at radius 1 is 1.71 bits per heavy atom. The number of fused-ring (bicyclic) bond motifs is 1. The summed E-state index contributed by atoms with van der Waals surface area (Å²) in [6.07, 6.45) is 3.50. The highest BCUT2D eigenvalue weighted by atomic mass is 16.7. The van der Waals surface area contributed by atoms with Gasteiger partial charge in [0.2, 0.25) is 0 Å². The third-order valence-electron chi connectivity index (χ3n) is 2.90. The molecule has 0 N–H and O–H groups in total. The Kier molecular flexibility index (Phi) is 2.44. The van der Waals surface area contributed by atoms with Crippen molar-refractivity contribution in [1.29, 1.82) is 5.26 Å². The van der Waals surface area contributed by atoms with E-state index in [0.29, 0.717) is 12.5 Å². The van der Waals surface area contributed by atoms with E-state index in [4.69, 9.17) is 14.7 Å². The van der Waals surface area contributed by atoms with E-state index in [0.717, 1.165) is 12.0 Å². The number of rotatable bonds is 1. The molecule has 0 spiro atoms. The monoisotopic (exact) mass is 194 g/mol. The van der Waals surface area contributed by atoms with Gasteiger partial charge in [-0.25, -0.2) is 0 Å². The van der Waals surface area contributed by atoms with Crippen LogP contribution in [0.3, 0.4) is 0 Å². The van der Waals surface area contributed by atoms with Crippen LogP contribution < -0.4 is 0 Å². The Hall–Kier alpha value is -1.05. The average Bonchev–Trinajstić information content (AvgIpc) is 2.61. The maximum atomic E-state index is 8.82. The van der Waals surface area contributed by atoms with Crippen LogP contribution in [0.15, 0.2) is 11.8 Å². The molecule has 1 fully saturated rings. The Morgan fingerprint density at radius 2 is 2.50 bits per heavy atom. The second-order valence-electron chi connectivity index (χ2n) is 3.78. The van der Waals surface area contributed by atoms with Crippen molar-refractivity contribution in [2.75, 3.05) is 14.2 Å². The molecule has 1 unspecified atom stereocenters. The van der Waals surface area contributed by atoms with E-state index in [1.165, 1.54) is 0 Å². The van der Waals surface area contributed by atoms with E-state index in [2.05, 4.69) is 11.0 Å². The SMILES string of the molecule is COC1C[C@@H]2[C@@H](CC(C#N)=CN2C)O1. The van der Waals surface area contributed by atoms with Crippen LogP contribution in [0.2, 0.25) is 0 Å². The zero-order valence-electron chi connectivity index (χ0n) is 8.43. The van der Waals surface area contributed by atoms with Gasteiger partial charge in [0.1, 0.15) is 0 Å². The van der Waals surface area contributed by atoms with Gasteiger partial charge in [-0.3, -0.25) is 0 Å². The number of hydrogen-bond acceptors (Lipinski definition) is 4. The lowest BCUT2D eigenvalue weighted by Crippen LogP contribution is -2.38. The Bertz CT molecular complexity index is 295. The van der Waals surface area contributed by atoms with Gasteiger partial charge in [-0.2, -0.15) is 5.26 Å². The second-order valence-corrected chi connectivity index (χ2v) is 3.78. The predicted octanol–water partition coefficient (Wildman–Crippen LogP) is 0.859. The van der Waals surface area contributed by atoms with Crippen molar-refractivity contribution in [2.45, 2.75) is 31.3 Å². The van der Waals surface area contributed by atoms with E-state index in [-0.39, 0.29) is 12.4 Å². The summed E-state index contributed by atoms with van der Waals surface area (Å²) in [5.74, 6) is 0. The van der Waals surface area contributed by atoms with Crippen LogP contribution in [-0.4, -0.2) is 37.5 Å². The number of methoxy groups -OCH3 is 1. The summed E-state index contributed by atoms with van der Waals surface area (Å²) in [5.41, 5.74) is 0.783. The number of ether oxygens (including phenoxy) is 2. The first-order chi connectivity index (χ1) is 6.74. The summed E-state index contributed by atoms with van der Waals surface area (Å²) in [6.45, 7) is 0. The van der Waals surface area contributed by atoms with Gasteiger partial charge in [0.05, 0.1) is 18.2 Å². The maximum Gasteiger partial charge on any atom is 0.159 e. The molecule has 0 aromatic heterocycles. The topological polar surface area (TPSA) is 45.5 Å². The molecule has 2 rings (SSSR count). The van der Waals surface area contributed by atoms with Crippen molar-refractivity contribution < 1.29 is 9.47 Å². The summed E-state index contributed by atoms with van der Waals surface area (Å²) in [6, 6.07) is 2.54. The van der Waals surface area contributed by atoms with Crippen molar-refractivity contribution in [2.24, 2.45) is 0 Å². The number of likely N-dealkylation sites (N-methyl/N-ethyl adjacent to an activating group) is 1. The molecule has 1 saturated heterocycles. The molecule has 4 nitrogen and oxygen atoms in total. The van der Waals surface area contributed by atoms with Gasteiger partial charge in [0, 0.05) is 38.8 Å². The molecule has 0 bridgehead atoms. The number of nitriles is 1. The largest absolute Gasteiger partial charge is 0.374 e. The molecular weight excluding hydrogens is 180 g/mol. The summed E-state index contributed by atoms with van der Waals surface area (Å²) in [5, 5.41) is 8.82. The third-order valence-corrected chi connectivity index (χ3v) is 2.90. The zero-order valence-corrected chi connectivity index (χ0v) is 8.43. The molecule has 0 aliphatic carbocycles. The van der Waals surface area contributed by atoms with Crippen LogP contribution >= 0.6 is 0 Å². The van der Waals surface area contributed by atoms with Gasteiger partial charge in [0.25, 0.3) is 0 Å². The summed E-state index contributed by atoms with van der Waals surface area (Å²) >= 11 is 0. The lowest BCUT2D eigenvalue weighted by atomic mass is 9.98. The fraction of sp³-hybridized carbons (Fsp3) is 0.700. The molecule has 76 valence electrons. The molecule has 4 heteroatoms. The molecule has 2 aliphatic rings. The second kappa shape index (κ2) is 3.60. The normalized spacial score (nSPS) is 36.2. The highest BCUT2D eigenvalue weighted by Gasteiger charge is 2.39. The van der Waals surface area contributed by atoms with Gasteiger partial charge >= 0.3 is 0 Å². The Labute approximate surface area is 83.7 Å². The fourth-order valence-electron chi connectivity index (χ4n) is 2.14. The minimum atomic E-state index is -0.112. The molecule has 0 amide bonds. The minimum absolute atomic E-state index is 0.112. The van der Waals surface area contributed by atoms with Crippen molar-refractivity contribution in [3.63, 3.8) is 0 Å². The Balaban J connectivity index is 2.12. The van der Waals surface area contributed by atoms with E-state index in [1.807, 2.05) is 13.2 Å². The molecule has 2 aliphatic heterocycles. The zero-order chi connectivity index (χ0) is 10.1. The summed E-state index contributed by atoms with van der Waals surface area (Å²) in [7, 11) is 3.64. The van der Waals surface area contributed by atoms with Crippen LogP contribution in [0.5, 0.6) is 0 Å². The standard InChI is InChI=1S/C10H14N2O2/c1-12-6-7(5-11)3-9-8(12)4-10(13-2)14-9/h6,8-10H,3-4H2,1-2H3/t8-,9-,10?/m1/s1. The van der Waals surface area contributed by atoms with Crippen LogP contribution in [0.4, 0.5) is 0 Å². The van der Waals surface area contributed by atoms with Crippen molar-refractivity contribution >= 4 is 0 Å². The van der Waals surface area contributed by atoms with Crippen molar-refractivity contribution in [1.82, 2.24) is 4.90 Å². The quantitative estimate of drug-likeness (QED) is 0.621. The first-order valence-corrected chi connectivity index (χ1v) is 4.75. The lowest BCUT2D eigenvalue weighted by Gasteiger charge is -2.31. The molecule has 0 aromatic carbocycles. The highest BCUT2D eigenvalue weighted by Crippen LogP contribution is 2.32. The van der Waals surface area contributed by atoms with Gasteiger partial charge < -0.3 is 14.4 Å². The van der Waals surface area contributed by atoms with Gasteiger partial charge in [-0.1, -0.05) is 0 Å².